The molecule has 0 bridgehead atoms. The van der Waals surface area contributed by atoms with Gasteiger partial charge in [-0.15, -0.1) is 0 Å². The normalized spacial score (nSPS) is 13.7. The summed E-state index contributed by atoms with van der Waals surface area (Å²) >= 11 is 5.47. The monoisotopic (exact) mass is 425 g/mol. The van der Waals surface area contributed by atoms with Crippen LogP contribution in [0.15, 0.2) is 36.4 Å². The molecule has 1 aliphatic rings. The molecule has 1 heterocycles. The summed E-state index contributed by atoms with van der Waals surface area (Å²) in [6.45, 7) is 2.70. The third-order valence-corrected chi connectivity index (χ3v) is 5.92. The number of rotatable bonds is 8. The van der Waals surface area contributed by atoms with Crippen LogP contribution in [0.1, 0.15) is 42.0 Å². The second kappa shape index (κ2) is 8.92. The molecular formula is C23H27N3O3S. The van der Waals surface area contributed by atoms with Crippen molar-refractivity contribution < 1.29 is 14.2 Å². The van der Waals surface area contributed by atoms with Crippen LogP contribution in [-0.4, -0.2) is 29.0 Å². The molecule has 158 valence electrons. The number of ether oxygens (including phenoxy) is 3. The zero-order chi connectivity index (χ0) is 21.1. The number of hydrogen-bond donors (Lipinski definition) is 1. The van der Waals surface area contributed by atoms with E-state index in [0.717, 1.165) is 41.5 Å². The summed E-state index contributed by atoms with van der Waals surface area (Å²) in [4.78, 5) is 0. The number of H-pyrrole nitrogens is 1. The maximum absolute atomic E-state index is 6.21. The highest BCUT2D eigenvalue weighted by Gasteiger charge is 2.18. The summed E-state index contributed by atoms with van der Waals surface area (Å²) < 4.78 is 19.5. The van der Waals surface area contributed by atoms with Crippen LogP contribution in [0.25, 0.3) is 0 Å². The molecule has 0 saturated carbocycles. The van der Waals surface area contributed by atoms with Crippen LogP contribution >= 0.6 is 12.2 Å². The van der Waals surface area contributed by atoms with Gasteiger partial charge < -0.3 is 18.8 Å². The van der Waals surface area contributed by atoms with Gasteiger partial charge in [0.25, 0.3) is 0 Å². The van der Waals surface area contributed by atoms with Crippen LogP contribution in [-0.2, 0) is 25.8 Å². The third kappa shape index (κ3) is 4.21. The van der Waals surface area contributed by atoms with Crippen molar-refractivity contribution in [1.29, 1.82) is 0 Å². The van der Waals surface area contributed by atoms with Gasteiger partial charge in [-0.05, 0) is 85.8 Å². The molecule has 4 rings (SSSR count). The molecule has 30 heavy (non-hydrogen) atoms. The van der Waals surface area contributed by atoms with Gasteiger partial charge in [0.15, 0.2) is 28.2 Å². The Morgan fingerprint density at radius 2 is 1.87 bits per heavy atom. The van der Waals surface area contributed by atoms with Crippen molar-refractivity contribution in [3.8, 4) is 17.2 Å². The molecule has 3 aromatic rings. The molecule has 0 amide bonds. The van der Waals surface area contributed by atoms with Gasteiger partial charge in [-0.1, -0.05) is 12.1 Å². The minimum atomic E-state index is -0.220. The minimum absolute atomic E-state index is 0.220. The molecule has 1 aromatic heterocycles. The SMILES string of the molecule is COc1ccc(CCn2c([C@@H](C)Oc3ccc4c(c3)CCC4)n[nH]c2=S)cc1OC. The fraction of sp³-hybridized carbons (Fsp3) is 0.391. The van der Waals surface area contributed by atoms with E-state index in [4.69, 9.17) is 26.4 Å². The van der Waals surface area contributed by atoms with Gasteiger partial charge >= 0.3 is 0 Å². The fourth-order valence-corrected chi connectivity index (χ4v) is 4.24. The van der Waals surface area contributed by atoms with Crippen molar-refractivity contribution in [2.45, 2.75) is 45.3 Å². The number of aromatic amines is 1. The number of aryl methyl sites for hydroxylation is 3. The molecule has 7 heteroatoms. The van der Waals surface area contributed by atoms with Gasteiger partial charge in [0.2, 0.25) is 0 Å². The molecule has 6 nitrogen and oxygen atoms in total. The zero-order valence-corrected chi connectivity index (χ0v) is 18.4. The fourth-order valence-electron chi connectivity index (χ4n) is 4.01. The lowest BCUT2D eigenvalue weighted by molar-refractivity contribution is 0.210. The Morgan fingerprint density at radius 3 is 2.67 bits per heavy atom. The van der Waals surface area contributed by atoms with E-state index in [-0.39, 0.29) is 6.10 Å². The van der Waals surface area contributed by atoms with Gasteiger partial charge in [0.05, 0.1) is 14.2 Å². The van der Waals surface area contributed by atoms with Gasteiger partial charge in [-0.3, -0.25) is 5.10 Å². The molecular weight excluding hydrogens is 398 g/mol. The molecule has 0 aliphatic heterocycles. The van der Waals surface area contributed by atoms with Crippen molar-refractivity contribution in [3.63, 3.8) is 0 Å². The van der Waals surface area contributed by atoms with E-state index in [1.165, 1.54) is 24.0 Å². The quantitative estimate of drug-likeness (QED) is 0.524. The molecule has 0 fully saturated rings. The first kappa shape index (κ1) is 20.5. The predicted molar refractivity (Wildman–Crippen MR) is 118 cm³/mol. The van der Waals surface area contributed by atoms with Crippen molar-refractivity contribution in [2.75, 3.05) is 14.2 Å². The summed E-state index contributed by atoms with van der Waals surface area (Å²) in [5, 5.41) is 7.35. The highest BCUT2D eigenvalue weighted by Crippen LogP contribution is 2.29. The number of methoxy groups -OCH3 is 2. The van der Waals surface area contributed by atoms with Gasteiger partial charge in [0, 0.05) is 6.54 Å². The Labute approximate surface area is 181 Å². The molecule has 2 aromatic carbocycles. The van der Waals surface area contributed by atoms with E-state index < -0.39 is 0 Å². The largest absolute Gasteiger partial charge is 0.493 e. The molecule has 0 radical (unpaired) electrons. The number of fused-ring (bicyclic) bond motifs is 1. The first-order chi connectivity index (χ1) is 14.6. The van der Waals surface area contributed by atoms with Crippen LogP contribution in [0, 0.1) is 4.77 Å². The van der Waals surface area contributed by atoms with Crippen molar-refractivity contribution in [3.05, 3.63) is 63.7 Å². The van der Waals surface area contributed by atoms with Crippen LogP contribution in [0.4, 0.5) is 0 Å². The first-order valence-electron chi connectivity index (χ1n) is 10.2. The number of nitrogens with zero attached hydrogens (tertiary/aromatic N) is 2. The van der Waals surface area contributed by atoms with Crippen LogP contribution < -0.4 is 14.2 Å². The highest BCUT2D eigenvalue weighted by atomic mass is 32.1. The molecule has 1 atom stereocenters. The smallest absolute Gasteiger partial charge is 0.195 e. The number of benzene rings is 2. The molecule has 0 saturated heterocycles. The first-order valence-corrected chi connectivity index (χ1v) is 10.6. The van der Waals surface area contributed by atoms with Gasteiger partial charge in [0.1, 0.15) is 5.75 Å². The topological polar surface area (TPSA) is 61.3 Å². The highest BCUT2D eigenvalue weighted by molar-refractivity contribution is 7.71. The second-order valence-electron chi connectivity index (χ2n) is 7.52. The average molecular weight is 426 g/mol. The lowest BCUT2D eigenvalue weighted by Crippen LogP contribution is -2.13. The summed E-state index contributed by atoms with van der Waals surface area (Å²) in [6.07, 6.45) is 4.09. The van der Waals surface area contributed by atoms with Crippen molar-refractivity contribution in [2.24, 2.45) is 0 Å². The van der Waals surface area contributed by atoms with E-state index in [1.807, 2.05) is 29.7 Å². The number of hydrogen-bond acceptors (Lipinski definition) is 5. The lowest BCUT2D eigenvalue weighted by atomic mass is 10.1. The maximum Gasteiger partial charge on any atom is 0.195 e. The summed E-state index contributed by atoms with van der Waals surface area (Å²) in [6, 6.07) is 12.3. The van der Waals surface area contributed by atoms with Crippen molar-refractivity contribution >= 4 is 12.2 Å². The Bertz CT molecular complexity index is 1090. The molecule has 1 N–H and O–H groups in total. The summed E-state index contributed by atoms with van der Waals surface area (Å²) in [5.41, 5.74) is 3.97. The summed E-state index contributed by atoms with van der Waals surface area (Å²) in [7, 11) is 3.28. The van der Waals surface area contributed by atoms with Gasteiger partial charge in [-0.2, -0.15) is 5.10 Å². The van der Waals surface area contributed by atoms with Crippen molar-refractivity contribution in [1.82, 2.24) is 14.8 Å². The Morgan fingerprint density at radius 1 is 1.07 bits per heavy atom. The number of aromatic nitrogens is 3. The van der Waals surface area contributed by atoms with Gasteiger partial charge in [-0.25, -0.2) is 0 Å². The molecule has 0 spiro atoms. The van der Waals surface area contributed by atoms with Crippen LogP contribution in [0.2, 0.25) is 0 Å². The van der Waals surface area contributed by atoms with E-state index in [2.05, 4.69) is 28.4 Å². The van der Waals surface area contributed by atoms with Crippen LogP contribution in [0.5, 0.6) is 17.2 Å². The lowest BCUT2D eigenvalue weighted by Gasteiger charge is -2.16. The Balaban J connectivity index is 1.48. The molecule has 0 unspecified atom stereocenters. The molecule has 1 aliphatic carbocycles. The zero-order valence-electron chi connectivity index (χ0n) is 17.6. The van der Waals surface area contributed by atoms with E-state index in [0.29, 0.717) is 11.3 Å². The maximum atomic E-state index is 6.21. The van der Waals surface area contributed by atoms with Crippen LogP contribution in [0.3, 0.4) is 0 Å². The Kier molecular flexibility index (Phi) is 6.08. The summed E-state index contributed by atoms with van der Waals surface area (Å²) in [5.74, 6) is 3.11. The Hall–Kier alpha value is -2.80. The predicted octanol–water partition coefficient (Wildman–Crippen LogP) is 4.83. The second-order valence-corrected chi connectivity index (χ2v) is 7.91. The standard InChI is InChI=1S/C23H27N3O3S/c1-15(29-19-9-8-17-5-4-6-18(17)14-19)22-24-25-23(30)26(22)12-11-16-7-10-20(27-2)21(13-16)28-3/h7-10,13-15H,4-6,11-12H2,1-3H3,(H,25,30)/t15-/m1/s1. The minimum Gasteiger partial charge on any atom is -0.493 e. The van der Waals surface area contributed by atoms with E-state index in [9.17, 15) is 0 Å². The number of nitrogens with one attached hydrogen (secondary N) is 1. The third-order valence-electron chi connectivity index (χ3n) is 5.61. The average Bonchev–Trinajstić information content (AvgIpc) is 3.37. The van der Waals surface area contributed by atoms with E-state index in [1.54, 1.807) is 14.2 Å². The van der Waals surface area contributed by atoms with E-state index >= 15 is 0 Å².